The van der Waals surface area contributed by atoms with Gasteiger partial charge in [-0.2, -0.15) is 0 Å². The second-order valence-corrected chi connectivity index (χ2v) is 4.83. The summed E-state index contributed by atoms with van der Waals surface area (Å²) in [5, 5.41) is 9.43. The van der Waals surface area contributed by atoms with Crippen LogP contribution in [0, 0.1) is 0 Å². The molecule has 1 fully saturated rings. The van der Waals surface area contributed by atoms with E-state index in [-0.39, 0.29) is 0 Å². The molecule has 1 aromatic rings. The smallest absolute Gasteiger partial charge is 0.0586 e. The van der Waals surface area contributed by atoms with Crippen molar-refractivity contribution in [2.75, 3.05) is 19.7 Å². The Kier molecular flexibility index (Phi) is 4.95. The average molecular weight is 234 g/mol. The fraction of sp³-hybridized carbons (Fsp3) is 0.643. The first kappa shape index (κ1) is 12.5. The van der Waals surface area contributed by atoms with Crippen LogP contribution < -0.4 is 0 Å². The molecule has 0 radical (unpaired) electrons. The zero-order valence-electron chi connectivity index (χ0n) is 10.4. The van der Waals surface area contributed by atoms with E-state index < -0.39 is 0 Å². The highest BCUT2D eigenvalue weighted by Crippen LogP contribution is 2.16. The molecule has 1 aromatic heterocycles. The average Bonchev–Trinajstić information content (AvgIpc) is 2.62. The minimum Gasteiger partial charge on any atom is -0.395 e. The standard InChI is InChI=1S/C14H22N2O/c17-12-14-4-2-1-3-10-16(14)11-7-13-5-8-15-9-6-13/h5-6,8-9,14,17H,1-4,7,10-12H2. The number of aliphatic hydroxyl groups excluding tert-OH is 1. The van der Waals surface area contributed by atoms with Gasteiger partial charge in [-0.1, -0.05) is 12.8 Å². The van der Waals surface area contributed by atoms with Gasteiger partial charge in [-0.3, -0.25) is 9.88 Å². The lowest BCUT2D eigenvalue weighted by atomic mass is 10.1. The van der Waals surface area contributed by atoms with Crippen LogP contribution in [0.5, 0.6) is 0 Å². The first-order valence-electron chi connectivity index (χ1n) is 6.64. The van der Waals surface area contributed by atoms with Crippen LogP contribution in [0.1, 0.15) is 31.2 Å². The molecule has 1 unspecified atom stereocenters. The van der Waals surface area contributed by atoms with Crippen molar-refractivity contribution < 1.29 is 5.11 Å². The van der Waals surface area contributed by atoms with Gasteiger partial charge in [-0.25, -0.2) is 0 Å². The topological polar surface area (TPSA) is 36.4 Å². The van der Waals surface area contributed by atoms with Crippen LogP contribution in [0.3, 0.4) is 0 Å². The zero-order chi connectivity index (χ0) is 11.9. The van der Waals surface area contributed by atoms with Gasteiger partial charge >= 0.3 is 0 Å². The molecule has 2 rings (SSSR count). The van der Waals surface area contributed by atoms with Gasteiger partial charge in [0, 0.05) is 25.0 Å². The van der Waals surface area contributed by atoms with Crippen LogP contribution in [0.15, 0.2) is 24.5 Å². The number of pyridine rings is 1. The fourth-order valence-corrected chi connectivity index (χ4v) is 2.56. The number of aromatic nitrogens is 1. The third-order valence-electron chi connectivity index (χ3n) is 3.65. The van der Waals surface area contributed by atoms with Gasteiger partial charge in [0.25, 0.3) is 0 Å². The zero-order valence-corrected chi connectivity index (χ0v) is 10.4. The summed E-state index contributed by atoms with van der Waals surface area (Å²) in [5.41, 5.74) is 1.33. The summed E-state index contributed by atoms with van der Waals surface area (Å²) in [4.78, 5) is 6.48. The molecule has 94 valence electrons. The van der Waals surface area contributed by atoms with Crippen molar-refractivity contribution in [3.05, 3.63) is 30.1 Å². The van der Waals surface area contributed by atoms with Crippen molar-refractivity contribution in [1.29, 1.82) is 0 Å². The van der Waals surface area contributed by atoms with Crippen LogP contribution in [0.25, 0.3) is 0 Å². The summed E-state index contributed by atoms with van der Waals surface area (Å²) in [7, 11) is 0. The summed E-state index contributed by atoms with van der Waals surface area (Å²) in [6, 6.07) is 4.52. The van der Waals surface area contributed by atoms with Gasteiger partial charge in [-0.05, 0) is 43.5 Å². The Morgan fingerprint density at radius 2 is 2.06 bits per heavy atom. The fourth-order valence-electron chi connectivity index (χ4n) is 2.56. The van der Waals surface area contributed by atoms with Crippen molar-refractivity contribution >= 4 is 0 Å². The monoisotopic (exact) mass is 234 g/mol. The van der Waals surface area contributed by atoms with Gasteiger partial charge in [0.1, 0.15) is 0 Å². The molecular formula is C14H22N2O. The molecule has 1 atom stereocenters. The molecular weight excluding hydrogens is 212 g/mol. The molecule has 0 aliphatic carbocycles. The Morgan fingerprint density at radius 3 is 2.82 bits per heavy atom. The number of likely N-dealkylation sites (tertiary alicyclic amines) is 1. The Bertz CT molecular complexity index is 315. The van der Waals surface area contributed by atoms with Crippen molar-refractivity contribution in [2.24, 2.45) is 0 Å². The summed E-state index contributed by atoms with van der Waals surface area (Å²) in [6.07, 6.45) is 9.74. The normalized spacial score (nSPS) is 22.3. The van der Waals surface area contributed by atoms with Gasteiger partial charge in [0.05, 0.1) is 6.61 Å². The van der Waals surface area contributed by atoms with E-state index in [1.807, 2.05) is 12.4 Å². The summed E-state index contributed by atoms with van der Waals surface area (Å²) in [5.74, 6) is 0. The molecule has 0 saturated carbocycles. The molecule has 1 aliphatic rings. The largest absolute Gasteiger partial charge is 0.395 e. The highest BCUT2D eigenvalue weighted by atomic mass is 16.3. The second kappa shape index (κ2) is 6.72. The lowest BCUT2D eigenvalue weighted by molar-refractivity contribution is 0.125. The van der Waals surface area contributed by atoms with E-state index >= 15 is 0 Å². The third-order valence-corrected chi connectivity index (χ3v) is 3.65. The molecule has 0 aromatic carbocycles. The minimum atomic E-state index is 0.302. The maximum atomic E-state index is 9.43. The second-order valence-electron chi connectivity index (χ2n) is 4.83. The van der Waals surface area contributed by atoms with Crippen LogP contribution in [-0.4, -0.2) is 40.7 Å². The Morgan fingerprint density at radius 1 is 1.24 bits per heavy atom. The molecule has 3 nitrogen and oxygen atoms in total. The Labute approximate surface area is 103 Å². The number of aliphatic hydroxyl groups is 1. The van der Waals surface area contributed by atoms with Crippen molar-refractivity contribution in [3.63, 3.8) is 0 Å². The SMILES string of the molecule is OCC1CCCCCN1CCc1ccncc1. The summed E-state index contributed by atoms with van der Waals surface area (Å²) in [6.45, 7) is 2.49. The Hall–Kier alpha value is -0.930. The van der Waals surface area contributed by atoms with E-state index in [0.29, 0.717) is 12.6 Å². The van der Waals surface area contributed by atoms with Crippen LogP contribution in [-0.2, 0) is 6.42 Å². The maximum Gasteiger partial charge on any atom is 0.0586 e. The van der Waals surface area contributed by atoms with E-state index in [2.05, 4.69) is 22.0 Å². The molecule has 0 amide bonds. The van der Waals surface area contributed by atoms with Crippen LogP contribution >= 0.6 is 0 Å². The van der Waals surface area contributed by atoms with Crippen molar-refractivity contribution in [1.82, 2.24) is 9.88 Å². The van der Waals surface area contributed by atoms with E-state index in [0.717, 1.165) is 25.9 Å². The lowest BCUT2D eigenvalue weighted by Crippen LogP contribution is -2.38. The van der Waals surface area contributed by atoms with Crippen LogP contribution in [0.4, 0.5) is 0 Å². The first-order chi connectivity index (χ1) is 8.40. The van der Waals surface area contributed by atoms with Gasteiger partial charge in [-0.15, -0.1) is 0 Å². The van der Waals surface area contributed by atoms with E-state index in [1.165, 1.54) is 24.8 Å². The molecule has 17 heavy (non-hydrogen) atoms. The highest BCUT2D eigenvalue weighted by Gasteiger charge is 2.19. The first-order valence-corrected chi connectivity index (χ1v) is 6.64. The number of rotatable bonds is 4. The lowest BCUT2D eigenvalue weighted by Gasteiger charge is -2.28. The molecule has 0 bridgehead atoms. The number of hydrogen-bond donors (Lipinski definition) is 1. The molecule has 1 saturated heterocycles. The number of hydrogen-bond acceptors (Lipinski definition) is 3. The van der Waals surface area contributed by atoms with Crippen molar-refractivity contribution in [2.45, 2.75) is 38.1 Å². The highest BCUT2D eigenvalue weighted by molar-refractivity contribution is 5.10. The van der Waals surface area contributed by atoms with Gasteiger partial charge < -0.3 is 5.11 Å². The molecule has 2 heterocycles. The van der Waals surface area contributed by atoms with Gasteiger partial charge in [0.15, 0.2) is 0 Å². The number of nitrogens with zero attached hydrogens (tertiary/aromatic N) is 2. The van der Waals surface area contributed by atoms with Gasteiger partial charge in [0.2, 0.25) is 0 Å². The van der Waals surface area contributed by atoms with E-state index in [1.54, 1.807) is 0 Å². The molecule has 1 aliphatic heterocycles. The molecule has 1 N–H and O–H groups in total. The predicted octanol–water partition coefficient (Wildman–Crippen LogP) is 1.86. The minimum absolute atomic E-state index is 0.302. The van der Waals surface area contributed by atoms with E-state index in [4.69, 9.17) is 0 Å². The van der Waals surface area contributed by atoms with E-state index in [9.17, 15) is 5.11 Å². The third kappa shape index (κ3) is 3.79. The molecule has 0 spiro atoms. The maximum absolute atomic E-state index is 9.43. The van der Waals surface area contributed by atoms with Crippen molar-refractivity contribution in [3.8, 4) is 0 Å². The predicted molar refractivity (Wildman–Crippen MR) is 68.9 cm³/mol. The quantitative estimate of drug-likeness (QED) is 0.864. The van der Waals surface area contributed by atoms with Crippen LogP contribution in [0.2, 0.25) is 0 Å². The summed E-state index contributed by atoms with van der Waals surface area (Å²) < 4.78 is 0. The Balaban J connectivity index is 1.87. The summed E-state index contributed by atoms with van der Waals surface area (Å²) >= 11 is 0. The molecule has 3 heteroatoms.